The van der Waals surface area contributed by atoms with Gasteiger partial charge in [0.2, 0.25) is 0 Å². The van der Waals surface area contributed by atoms with Crippen molar-refractivity contribution in [2.75, 3.05) is 0 Å². The molecule has 7 nitrogen and oxygen atoms in total. The van der Waals surface area contributed by atoms with Crippen molar-refractivity contribution in [2.45, 2.75) is 25.2 Å². The van der Waals surface area contributed by atoms with Gasteiger partial charge in [-0.05, 0) is 43.2 Å². The minimum atomic E-state index is -4.75. The highest BCUT2D eigenvalue weighted by molar-refractivity contribution is 7.21. The number of amides is 1. The molecule has 5 rings (SSSR count). The summed E-state index contributed by atoms with van der Waals surface area (Å²) in [5.41, 5.74) is 2.51. The van der Waals surface area contributed by atoms with Crippen LogP contribution in [-0.2, 0) is 7.05 Å². The van der Waals surface area contributed by atoms with E-state index >= 15 is 0 Å². The summed E-state index contributed by atoms with van der Waals surface area (Å²) in [7, 11) is 1.69. The molecule has 1 aliphatic rings. The zero-order chi connectivity index (χ0) is 20.3. The van der Waals surface area contributed by atoms with Crippen molar-refractivity contribution in [1.29, 1.82) is 0 Å². The number of aromatic nitrogens is 4. The van der Waals surface area contributed by atoms with Gasteiger partial charge in [-0.2, -0.15) is 9.90 Å². The number of hydrogen-bond acceptors (Lipinski definition) is 5. The van der Waals surface area contributed by atoms with Crippen LogP contribution in [0, 0.1) is 0 Å². The van der Waals surface area contributed by atoms with E-state index in [1.54, 1.807) is 17.7 Å². The molecule has 1 aromatic carbocycles. The molecule has 0 bridgehead atoms. The van der Waals surface area contributed by atoms with Gasteiger partial charge in [0.25, 0.3) is 5.91 Å². The minimum absolute atomic E-state index is 0.133. The van der Waals surface area contributed by atoms with Crippen molar-refractivity contribution in [3.63, 3.8) is 0 Å². The molecule has 0 atom stereocenters. The van der Waals surface area contributed by atoms with Crippen LogP contribution in [0.4, 0.5) is 13.2 Å². The molecule has 3 aromatic heterocycles. The van der Waals surface area contributed by atoms with Crippen LogP contribution in [0.5, 0.6) is 5.75 Å². The number of fused-ring (bicyclic) bond motifs is 3. The Balaban J connectivity index is 1.60. The Morgan fingerprint density at radius 3 is 2.62 bits per heavy atom. The fourth-order valence-electron chi connectivity index (χ4n) is 3.18. The Morgan fingerprint density at radius 2 is 1.97 bits per heavy atom. The maximum absolute atomic E-state index is 12.5. The third kappa shape index (κ3) is 3.31. The van der Waals surface area contributed by atoms with E-state index in [9.17, 15) is 18.0 Å². The quantitative estimate of drug-likeness (QED) is 0.545. The lowest BCUT2D eigenvalue weighted by atomic mass is 10.3. The Labute approximate surface area is 165 Å². The Kier molecular flexibility index (Phi) is 3.85. The lowest BCUT2D eigenvalue weighted by molar-refractivity contribution is -0.274. The highest BCUT2D eigenvalue weighted by atomic mass is 32.1. The summed E-state index contributed by atoms with van der Waals surface area (Å²) in [5.74, 6) is -0.443. The number of benzene rings is 1. The van der Waals surface area contributed by atoms with Crippen LogP contribution in [0.3, 0.4) is 0 Å². The molecule has 1 saturated carbocycles. The van der Waals surface area contributed by atoms with Crippen molar-refractivity contribution >= 4 is 38.6 Å². The first-order chi connectivity index (χ1) is 13.8. The first-order valence-electron chi connectivity index (χ1n) is 8.81. The predicted octanol–water partition coefficient (Wildman–Crippen LogP) is 3.76. The second kappa shape index (κ2) is 6.21. The van der Waals surface area contributed by atoms with Crippen molar-refractivity contribution in [3.8, 4) is 11.4 Å². The molecule has 150 valence electrons. The van der Waals surface area contributed by atoms with Gasteiger partial charge in [0.05, 0.1) is 15.1 Å². The minimum Gasteiger partial charge on any atom is -0.406 e. The number of nitrogens with zero attached hydrogens (tertiary/aromatic N) is 4. The van der Waals surface area contributed by atoms with Crippen LogP contribution in [-0.4, -0.2) is 37.9 Å². The molecule has 0 aliphatic heterocycles. The average Bonchev–Trinajstić information content (AvgIpc) is 3.11. The van der Waals surface area contributed by atoms with Crippen molar-refractivity contribution in [1.82, 2.24) is 24.9 Å². The molecular weight excluding hydrogens is 407 g/mol. The average molecular weight is 421 g/mol. The van der Waals surface area contributed by atoms with E-state index in [1.165, 1.54) is 40.4 Å². The number of carbonyl (C=O) groups excluding carboxylic acids is 1. The van der Waals surface area contributed by atoms with Crippen LogP contribution >= 0.6 is 11.3 Å². The first-order valence-corrected chi connectivity index (χ1v) is 9.62. The molecule has 11 heteroatoms. The van der Waals surface area contributed by atoms with Gasteiger partial charge in [0.1, 0.15) is 11.3 Å². The number of hydrogen-bond donors (Lipinski definition) is 1. The second-order valence-electron chi connectivity index (χ2n) is 6.81. The molecule has 1 N–H and O–H groups in total. The summed E-state index contributed by atoms with van der Waals surface area (Å²) >= 11 is 1.32. The van der Waals surface area contributed by atoms with E-state index in [0.29, 0.717) is 21.7 Å². The standard InChI is InChI=1S/C18H14F3N5O2S/c1-25-23-14-15-12(8-13(29-15)17(27)22-9-2-3-9)26(16(14)24-25)10-4-6-11(7-5-10)28-18(19,20)21/h4-9H,2-3H2,1H3,(H,22,27). The van der Waals surface area contributed by atoms with E-state index in [2.05, 4.69) is 20.3 Å². The maximum Gasteiger partial charge on any atom is 0.573 e. The van der Waals surface area contributed by atoms with Crippen molar-refractivity contribution in [3.05, 3.63) is 35.2 Å². The van der Waals surface area contributed by atoms with E-state index in [0.717, 1.165) is 23.1 Å². The smallest absolute Gasteiger partial charge is 0.406 e. The molecule has 1 aliphatic carbocycles. The molecule has 0 radical (unpaired) electrons. The lowest BCUT2D eigenvalue weighted by Crippen LogP contribution is -2.24. The van der Waals surface area contributed by atoms with Gasteiger partial charge in [-0.25, -0.2) is 0 Å². The van der Waals surface area contributed by atoms with E-state index < -0.39 is 6.36 Å². The molecule has 0 spiro atoms. The molecule has 1 fully saturated rings. The third-order valence-electron chi connectivity index (χ3n) is 4.54. The molecular formula is C18H14F3N5O2S. The molecule has 1 amide bonds. The van der Waals surface area contributed by atoms with Crippen LogP contribution in [0.25, 0.3) is 27.1 Å². The molecule has 0 saturated heterocycles. The van der Waals surface area contributed by atoms with Gasteiger partial charge in [-0.15, -0.1) is 29.6 Å². The number of thiophene rings is 1. The normalized spacial score (nSPS) is 14.6. The van der Waals surface area contributed by atoms with Gasteiger partial charge >= 0.3 is 6.36 Å². The summed E-state index contributed by atoms with van der Waals surface area (Å²) in [4.78, 5) is 14.4. The van der Waals surface area contributed by atoms with Crippen LogP contribution < -0.4 is 10.1 Å². The zero-order valence-electron chi connectivity index (χ0n) is 15.0. The van der Waals surface area contributed by atoms with Crippen molar-refractivity contribution < 1.29 is 22.7 Å². The van der Waals surface area contributed by atoms with E-state index in [1.807, 2.05) is 0 Å². The van der Waals surface area contributed by atoms with Crippen LogP contribution in [0.1, 0.15) is 22.5 Å². The summed E-state index contributed by atoms with van der Waals surface area (Å²) in [6.45, 7) is 0. The molecule has 29 heavy (non-hydrogen) atoms. The summed E-state index contributed by atoms with van der Waals surface area (Å²) < 4.78 is 43.8. The monoisotopic (exact) mass is 421 g/mol. The lowest BCUT2D eigenvalue weighted by Gasteiger charge is -2.10. The van der Waals surface area contributed by atoms with E-state index in [4.69, 9.17) is 0 Å². The first kappa shape index (κ1) is 18.0. The molecule has 4 aromatic rings. The molecule has 0 unspecified atom stereocenters. The summed E-state index contributed by atoms with van der Waals surface area (Å²) in [6.07, 6.45) is -2.77. The van der Waals surface area contributed by atoms with Gasteiger partial charge in [0.15, 0.2) is 5.65 Å². The number of halogens is 3. The number of rotatable bonds is 4. The number of nitrogens with one attached hydrogen (secondary N) is 1. The fraction of sp³-hybridized carbons (Fsp3) is 0.278. The van der Waals surface area contributed by atoms with Gasteiger partial charge in [0, 0.05) is 18.8 Å². The number of carbonyl (C=O) groups is 1. The maximum atomic E-state index is 12.5. The van der Waals surface area contributed by atoms with Gasteiger partial charge in [-0.3, -0.25) is 9.36 Å². The second-order valence-corrected chi connectivity index (χ2v) is 7.86. The Hall–Kier alpha value is -3.08. The van der Waals surface area contributed by atoms with E-state index in [-0.39, 0.29) is 17.7 Å². The Bertz CT molecular complexity index is 1230. The highest BCUT2D eigenvalue weighted by Gasteiger charge is 2.31. The van der Waals surface area contributed by atoms with Crippen LogP contribution in [0.15, 0.2) is 30.3 Å². The molecule has 3 heterocycles. The zero-order valence-corrected chi connectivity index (χ0v) is 15.8. The van der Waals surface area contributed by atoms with Gasteiger partial charge < -0.3 is 10.1 Å². The predicted molar refractivity (Wildman–Crippen MR) is 100 cm³/mol. The largest absolute Gasteiger partial charge is 0.573 e. The number of aryl methyl sites for hydroxylation is 1. The van der Waals surface area contributed by atoms with Crippen LogP contribution in [0.2, 0.25) is 0 Å². The van der Waals surface area contributed by atoms with Crippen molar-refractivity contribution in [2.24, 2.45) is 7.05 Å². The SMILES string of the molecule is Cn1nc2c3sc(C(=O)NC4CC4)cc3n(-c3ccc(OC(F)(F)F)cc3)c2n1. The summed E-state index contributed by atoms with van der Waals surface area (Å²) in [6, 6.07) is 7.51. The summed E-state index contributed by atoms with van der Waals surface area (Å²) in [5, 5.41) is 11.7. The third-order valence-corrected chi connectivity index (χ3v) is 5.67. The number of alkyl halides is 3. The fourth-order valence-corrected chi connectivity index (χ4v) is 4.21. The topological polar surface area (TPSA) is 74.0 Å². The Morgan fingerprint density at radius 1 is 1.24 bits per heavy atom. The number of ether oxygens (including phenoxy) is 1. The highest BCUT2D eigenvalue weighted by Crippen LogP contribution is 2.36. The van der Waals surface area contributed by atoms with Gasteiger partial charge in [-0.1, -0.05) is 0 Å².